The Morgan fingerprint density at radius 2 is 2.00 bits per heavy atom. The predicted molar refractivity (Wildman–Crippen MR) is 120 cm³/mol. The molecule has 3 aromatic rings. The summed E-state index contributed by atoms with van der Waals surface area (Å²) in [7, 11) is 1.37. The standard InChI is InChI=1S/C22H22ClN3O2S/c1-4-15(2)26(24-13-16-9-5-6-10-17(16)21(27)28-3)22-25-20(14-29-22)18-11-7-8-12-19(18)23/h5-15H,4H2,1-3H3/b24-13+. The van der Waals surface area contributed by atoms with Crippen LogP contribution >= 0.6 is 22.9 Å². The van der Waals surface area contributed by atoms with Gasteiger partial charge in [-0.2, -0.15) is 5.10 Å². The van der Waals surface area contributed by atoms with E-state index in [0.717, 1.165) is 22.8 Å². The summed E-state index contributed by atoms with van der Waals surface area (Å²) >= 11 is 7.82. The molecule has 0 N–H and O–H groups in total. The van der Waals surface area contributed by atoms with Gasteiger partial charge in [0.2, 0.25) is 5.13 Å². The molecule has 29 heavy (non-hydrogen) atoms. The summed E-state index contributed by atoms with van der Waals surface area (Å²) in [5.74, 6) is -0.391. The Morgan fingerprint density at radius 3 is 2.72 bits per heavy atom. The molecule has 2 aromatic carbocycles. The number of anilines is 1. The Bertz CT molecular complexity index is 1020. The van der Waals surface area contributed by atoms with E-state index in [2.05, 4.69) is 18.9 Å². The summed E-state index contributed by atoms with van der Waals surface area (Å²) in [5, 5.41) is 9.93. The number of thiazole rings is 1. The van der Waals surface area contributed by atoms with Crippen LogP contribution in [0.1, 0.15) is 36.2 Å². The third-order valence-electron chi connectivity index (χ3n) is 4.53. The normalized spacial score (nSPS) is 12.1. The van der Waals surface area contributed by atoms with E-state index in [1.54, 1.807) is 18.3 Å². The van der Waals surface area contributed by atoms with Gasteiger partial charge in [-0.3, -0.25) is 0 Å². The largest absolute Gasteiger partial charge is 0.465 e. The molecule has 0 spiro atoms. The molecule has 150 valence electrons. The van der Waals surface area contributed by atoms with E-state index >= 15 is 0 Å². The molecule has 0 amide bonds. The average molecular weight is 428 g/mol. The highest BCUT2D eigenvalue weighted by Gasteiger charge is 2.18. The molecule has 1 aromatic heterocycles. The van der Waals surface area contributed by atoms with Crippen LogP contribution in [-0.4, -0.2) is 30.3 Å². The molecule has 0 aliphatic carbocycles. The van der Waals surface area contributed by atoms with Gasteiger partial charge in [-0.15, -0.1) is 11.3 Å². The van der Waals surface area contributed by atoms with E-state index in [0.29, 0.717) is 16.1 Å². The maximum absolute atomic E-state index is 12.0. The molecular weight excluding hydrogens is 406 g/mol. The van der Waals surface area contributed by atoms with Crippen LogP contribution in [0.25, 0.3) is 11.3 Å². The van der Waals surface area contributed by atoms with Crippen molar-refractivity contribution in [1.82, 2.24) is 4.98 Å². The number of nitrogens with zero attached hydrogens (tertiary/aromatic N) is 3. The van der Waals surface area contributed by atoms with Crippen LogP contribution < -0.4 is 5.01 Å². The second kappa shape index (κ2) is 9.67. The zero-order valence-corrected chi connectivity index (χ0v) is 18.1. The van der Waals surface area contributed by atoms with Gasteiger partial charge >= 0.3 is 5.97 Å². The quantitative estimate of drug-likeness (QED) is 0.268. The molecule has 0 aliphatic rings. The number of methoxy groups -OCH3 is 1. The number of hydrogen-bond acceptors (Lipinski definition) is 6. The summed E-state index contributed by atoms with van der Waals surface area (Å²) < 4.78 is 4.86. The van der Waals surface area contributed by atoms with Crippen LogP contribution in [0.3, 0.4) is 0 Å². The molecule has 1 unspecified atom stereocenters. The molecule has 0 aliphatic heterocycles. The van der Waals surface area contributed by atoms with Crippen LogP contribution in [0.5, 0.6) is 0 Å². The number of hydrogen-bond donors (Lipinski definition) is 0. The minimum absolute atomic E-state index is 0.127. The van der Waals surface area contributed by atoms with Crippen molar-refractivity contribution >= 4 is 40.3 Å². The highest BCUT2D eigenvalue weighted by molar-refractivity contribution is 7.14. The molecule has 1 heterocycles. The maximum Gasteiger partial charge on any atom is 0.338 e. The van der Waals surface area contributed by atoms with E-state index < -0.39 is 5.97 Å². The summed E-state index contributed by atoms with van der Waals surface area (Å²) in [6, 6.07) is 15.0. The fourth-order valence-corrected chi connectivity index (χ4v) is 3.83. The van der Waals surface area contributed by atoms with Gasteiger partial charge in [0.1, 0.15) is 0 Å². The lowest BCUT2D eigenvalue weighted by Crippen LogP contribution is -2.27. The number of hydrazone groups is 1. The Hall–Kier alpha value is -2.70. The molecular formula is C22H22ClN3O2S. The zero-order chi connectivity index (χ0) is 20.8. The first-order chi connectivity index (χ1) is 14.0. The SMILES string of the molecule is CCC(C)N(/N=C/c1ccccc1C(=O)OC)c1nc(-c2ccccc2Cl)cs1. The van der Waals surface area contributed by atoms with Crippen molar-refractivity contribution in [1.29, 1.82) is 0 Å². The van der Waals surface area contributed by atoms with Crippen molar-refractivity contribution in [3.63, 3.8) is 0 Å². The topological polar surface area (TPSA) is 54.8 Å². The summed E-state index contributed by atoms with van der Waals surface area (Å²) in [4.78, 5) is 16.8. The van der Waals surface area contributed by atoms with Gasteiger partial charge in [-0.1, -0.05) is 54.9 Å². The first-order valence-corrected chi connectivity index (χ1v) is 10.5. The molecule has 0 saturated carbocycles. The molecule has 0 fully saturated rings. The van der Waals surface area contributed by atoms with Gasteiger partial charge in [0, 0.05) is 21.5 Å². The van der Waals surface area contributed by atoms with Gasteiger partial charge in [0.15, 0.2) is 0 Å². The lowest BCUT2D eigenvalue weighted by molar-refractivity contribution is 0.0600. The number of aromatic nitrogens is 1. The molecule has 0 bridgehead atoms. The highest BCUT2D eigenvalue weighted by atomic mass is 35.5. The van der Waals surface area contributed by atoms with Gasteiger partial charge in [0.05, 0.1) is 30.6 Å². The monoisotopic (exact) mass is 427 g/mol. The lowest BCUT2D eigenvalue weighted by Gasteiger charge is -2.22. The van der Waals surface area contributed by atoms with Crippen LogP contribution in [0, 0.1) is 0 Å². The summed E-state index contributed by atoms with van der Waals surface area (Å²) in [5.41, 5.74) is 2.86. The van der Waals surface area contributed by atoms with Crippen LogP contribution in [0.4, 0.5) is 5.13 Å². The number of benzene rings is 2. The van der Waals surface area contributed by atoms with Gasteiger partial charge in [0.25, 0.3) is 0 Å². The Morgan fingerprint density at radius 1 is 1.28 bits per heavy atom. The number of halogens is 1. The second-order valence-corrected chi connectivity index (χ2v) is 7.66. The van der Waals surface area contributed by atoms with Crippen molar-refractivity contribution in [2.75, 3.05) is 12.1 Å². The highest BCUT2D eigenvalue weighted by Crippen LogP contribution is 2.32. The minimum atomic E-state index is -0.391. The molecule has 1 atom stereocenters. The van der Waals surface area contributed by atoms with E-state index in [4.69, 9.17) is 21.3 Å². The smallest absolute Gasteiger partial charge is 0.338 e. The van der Waals surface area contributed by atoms with Gasteiger partial charge in [-0.25, -0.2) is 14.8 Å². The lowest BCUT2D eigenvalue weighted by atomic mass is 10.1. The first kappa shape index (κ1) is 21.0. The van der Waals surface area contributed by atoms with Gasteiger partial charge in [-0.05, 0) is 25.5 Å². The first-order valence-electron chi connectivity index (χ1n) is 9.26. The Labute approximate surface area is 179 Å². The zero-order valence-electron chi connectivity index (χ0n) is 16.5. The Balaban J connectivity index is 1.94. The molecule has 3 rings (SSSR count). The van der Waals surface area contributed by atoms with E-state index in [1.165, 1.54) is 18.4 Å². The summed E-state index contributed by atoms with van der Waals surface area (Å²) in [6.45, 7) is 4.18. The fourth-order valence-electron chi connectivity index (χ4n) is 2.72. The van der Waals surface area contributed by atoms with Crippen molar-refractivity contribution in [3.05, 3.63) is 70.1 Å². The van der Waals surface area contributed by atoms with Gasteiger partial charge < -0.3 is 4.74 Å². The van der Waals surface area contributed by atoms with Crippen molar-refractivity contribution < 1.29 is 9.53 Å². The van der Waals surface area contributed by atoms with Crippen molar-refractivity contribution in [2.45, 2.75) is 26.3 Å². The van der Waals surface area contributed by atoms with Crippen LogP contribution in [-0.2, 0) is 4.74 Å². The van der Waals surface area contributed by atoms with Crippen LogP contribution in [0.15, 0.2) is 59.0 Å². The maximum atomic E-state index is 12.0. The van der Waals surface area contributed by atoms with E-state index in [-0.39, 0.29) is 6.04 Å². The van der Waals surface area contributed by atoms with Crippen molar-refractivity contribution in [3.8, 4) is 11.3 Å². The Kier molecular flexibility index (Phi) is 7.01. The fraction of sp³-hybridized carbons (Fsp3) is 0.227. The molecule has 5 nitrogen and oxygen atoms in total. The summed E-state index contributed by atoms with van der Waals surface area (Å²) in [6.07, 6.45) is 2.56. The number of carbonyl (C=O) groups excluding carboxylic acids is 1. The van der Waals surface area contributed by atoms with Crippen molar-refractivity contribution in [2.24, 2.45) is 5.10 Å². The number of ether oxygens (including phenoxy) is 1. The third kappa shape index (κ3) is 4.83. The third-order valence-corrected chi connectivity index (χ3v) is 5.69. The predicted octanol–water partition coefficient (Wildman–Crippen LogP) is 5.89. The number of esters is 1. The number of carbonyl (C=O) groups is 1. The number of rotatable bonds is 7. The molecule has 0 radical (unpaired) electrons. The molecule has 0 saturated heterocycles. The van der Waals surface area contributed by atoms with E-state index in [1.807, 2.05) is 46.8 Å². The van der Waals surface area contributed by atoms with E-state index in [9.17, 15) is 4.79 Å². The second-order valence-electron chi connectivity index (χ2n) is 6.42. The minimum Gasteiger partial charge on any atom is -0.465 e. The van der Waals surface area contributed by atoms with Crippen LogP contribution in [0.2, 0.25) is 5.02 Å². The average Bonchev–Trinajstić information content (AvgIpc) is 3.23. The molecule has 7 heteroatoms.